The molecule has 1 atom stereocenters. The number of likely N-dealkylation sites (N-methyl/N-ethyl adjacent to an activating group) is 1. The van der Waals surface area contributed by atoms with E-state index in [-0.39, 0.29) is 0 Å². The molecule has 0 amide bonds. The topological polar surface area (TPSA) is 48.4 Å². The van der Waals surface area contributed by atoms with Gasteiger partial charge in [0, 0.05) is 52.5 Å². The number of rotatable bonds is 11. The summed E-state index contributed by atoms with van der Waals surface area (Å²) in [6.45, 7) is 12.5. The maximum atomic E-state index is 10.4. The van der Waals surface area contributed by atoms with Gasteiger partial charge in [-0.1, -0.05) is 19.1 Å². The normalized spacial score (nSPS) is 20.5. The second-order valence-corrected chi connectivity index (χ2v) is 8.93. The summed E-state index contributed by atoms with van der Waals surface area (Å²) in [5.41, 5.74) is 1.26. The summed E-state index contributed by atoms with van der Waals surface area (Å²) in [5, 5.41) is 10.4. The van der Waals surface area contributed by atoms with Crippen LogP contribution >= 0.6 is 0 Å². The number of hydrogen-bond acceptors (Lipinski definition) is 6. The molecule has 1 N–H and O–H groups in total. The lowest BCUT2D eigenvalue weighted by Gasteiger charge is -2.34. The van der Waals surface area contributed by atoms with Crippen LogP contribution in [0.1, 0.15) is 31.7 Å². The van der Waals surface area contributed by atoms with E-state index in [4.69, 9.17) is 9.47 Å². The Morgan fingerprint density at radius 1 is 1.17 bits per heavy atom. The lowest BCUT2D eigenvalue weighted by molar-refractivity contribution is 0.0470. The molecule has 0 bridgehead atoms. The Hall–Kier alpha value is -1.18. The van der Waals surface area contributed by atoms with E-state index in [2.05, 4.69) is 40.8 Å². The highest BCUT2D eigenvalue weighted by Crippen LogP contribution is 2.20. The van der Waals surface area contributed by atoms with Crippen molar-refractivity contribution in [2.45, 2.75) is 38.8 Å². The van der Waals surface area contributed by atoms with E-state index >= 15 is 0 Å². The Balaban J connectivity index is 1.36. The maximum Gasteiger partial charge on any atom is 0.119 e. The molecule has 0 saturated carbocycles. The third-order valence-corrected chi connectivity index (χ3v) is 6.43. The quantitative estimate of drug-likeness (QED) is 0.594. The monoisotopic (exact) mass is 419 g/mol. The Morgan fingerprint density at radius 3 is 2.63 bits per heavy atom. The summed E-state index contributed by atoms with van der Waals surface area (Å²) in [6, 6.07) is 8.30. The van der Waals surface area contributed by atoms with Gasteiger partial charge in [0.15, 0.2) is 0 Å². The summed E-state index contributed by atoms with van der Waals surface area (Å²) in [5.74, 6) is 1.66. The van der Waals surface area contributed by atoms with Crippen molar-refractivity contribution in [1.82, 2.24) is 14.7 Å². The number of nitrogens with zero attached hydrogens (tertiary/aromatic N) is 3. The number of ether oxygens (including phenoxy) is 2. The molecule has 2 heterocycles. The third-order valence-electron chi connectivity index (χ3n) is 6.43. The van der Waals surface area contributed by atoms with Crippen LogP contribution in [-0.4, -0.2) is 98.6 Å². The van der Waals surface area contributed by atoms with E-state index in [9.17, 15) is 5.11 Å². The average molecular weight is 420 g/mol. The molecule has 6 nitrogen and oxygen atoms in total. The highest BCUT2D eigenvalue weighted by molar-refractivity contribution is 5.28. The first kappa shape index (κ1) is 23.5. The van der Waals surface area contributed by atoms with Crippen LogP contribution in [0.4, 0.5) is 0 Å². The van der Waals surface area contributed by atoms with Gasteiger partial charge in [0.05, 0.1) is 0 Å². The highest BCUT2D eigenvalue weighted by atomic mass is 16.5. The smallest absolute Gasteiger partial charge is 0.119 e. The van der Waals surface area contributed by atoms with E-state index < -0.39 is 6.10 Å². The Labute approximate surface area is 182 Å². The van der Waals surface area contributed by atoms with Gasteiger partial charge in [0.25, 0.3) is 0 Å². The van der Waals surface area contributed by atoms with E-state index in [1.807, 2.05) is 12.1 Å². The molecule has 170 valence electrons. The fourth-order valence-corrected chi connectivity index (χ4v) is 4.39. The molecule has 6 heteroatoms. The average Bonchev–Trinajstić information content (AvgIpc) is 2.78. The first-order valence-electron chi connectivity index (χ1n) is 11.7. The van der Waals surface area contributed by atoms with E-state index in [0.29, 0.717) is 13.2 Å². The minimum Gasteiger partial charge on any atom is -0.491 e. The lowest BCUT2D eigenvalue weighted by Crippen LogP contribution is -2.49. The molecule has 2 aliphatic rings. The number of piperazine rings is 1. The highest BCUT2D eigenvalue weighted by Gasteiger charge is 2.18. The second-order valence-electron chi connectivity index (χ2n) is 8.93. The minimum atomic E-state index is -0.455. The zero-order chi connectivity index (χ0) is 21.2. The lowest BCUT2D eigenvalue weighted by atomic mass is 9.96. The maximum absolute atomic E-state index is 10.4. The molecule has 1 unspecified atom stereocenters. The summed E-state index contributed by atoms with van der Waals surface area (Å²) in [7, 11) is 2.19. The third kappa shape index (κ3) is 8.16. The number of benzene rings is 1. The van der Waals surface area contributed by atoms with Crippen LogP contribution in [0.15, 0.2) is 24.3 Å². The molecule has 2 fully saturated rings. The van der Waals surface area contributed by atoms with Gasteiger partial charge in [-0.2, -0.15) is 0 Å². The molecule has 3 rings (SSSR count). The van der Waals surface area contributed by atoms with Crippen molar-refractivity contribution in [3.05, 3.63) is 29.8 Å². The van der Waals surface area contributed by atoms with E-state index in [0.717, 1.165) is 70.7 Å². The van der Waals surface area contributed by atoms with Crippen LogP contribution in [0.2, 0.25) is 0 Å². The van der Waals surface area contributed by atoms with Crippen LogP contribution in [0.25, 0.3) is 0 Å². The summed E-state index contributed by atoms with van der Waals surface area (Å²) < 4.78 is 11.4. The zero-order valence-electron chi connectivity index (χ0n) is 19.0. The van der Waals surface area contributed by atoms with Crippen molar-refractivity contribution in [3.63, 3.8) is 0 Å². The van der Waals surface area contributed by atoms with E-state index in [1.165, 1.54) is 24.8 Å². The van der Waals surface area contributed by atoms with Crippen LogP contribution in [-0.2, 0) is 11.3 Å². The second kappa shape index (κ2) is 12.6. The molecule has 1 aromatic rings. The Morgan fingerprint density at radius 2 is 1.90 bits per heavy atom. The molecular formula is C24H41N3O3. The van der Waals surface area contributed by atoms with Crippen LogP contribution < -0.4 is 4.74 Å². The van der Waals surface area contributed by atoms with Gasteiger partial charge < -0.3 is 24.4 Å². The van der Waals surface area contributed by atoms with Gasteiger partial charge in [-0.3, -0.25) is 4.90 Å². The molecule has 0 spiro atoms. The van der Waals surface area contributed by atoms with Crippen molar-refractivity contribution < 1.29 is 14.6 Å². The van der Waals surface area contributed by atoms with Crippen molar-refractivity contribution >= 4 is 0 Å². The number of β-amino-alcohol motifs (C(OH)–C–C–N with tert-alkyl or cyclic N) is 1. The van der Waals surface area contributed by atoms with Crippen molar-refractivity contribution in [1.29, 1.82) is 0 Å². The van der Waals surface area contributed by atoms with Crippen molar-refractivity contribution in [3.8, 4) is 5.75 Å². The molecule has 1 aromatic carbocycles. The van der Waals surface area contributed by atoms with Gasteiger partial charge in [0.1, 0.15) is 18.5 Å². The van der Waals surface area contributed by atoms with Crippen LogP contribution in [0.3, 0.4) is 0 Å². The predicted octanol–water partition coefficient (Wildman–Crippen LogP) is 2.31. The summed E-state index contributed by atoms with van der Waals surface area (Å²) >= 11 is 0. The summed E-state index contributed by atoms with van der Waals surface area (Å²) in [6.07, 6.45) is 3.19. The molecule has 2 aliphatic heterocycles. The fourth-order valence-electron chi connectivity index (χ4n) is 4.39. The molecule has 0 aliphatic carbocycles. The number of aliphatic hydroxyl groups is 1. The zero-order valence-corrected chi connectivity index (χ0v) is 19.0. The van der Waals surface area contributed by atoms with Gasteiger partial charge in [-0.15, -0.1) is 0 Å². The minimum absolute atomic E-state index is 0.344. The molecule has 0 aromatic heterocycles. The first-order valence-corrected chi connectivity index (χ1v) is 11.7. The number of hydrogen-bond donors (Lipinski definition) is 1. The molecular weight excluding hydrogens is 378 g/mol. The molecule has 2 saturated heterocycles. The van der Waals surface area contributed by atoms with Gasteiger partial charge >= 0.3 is 0 Å². The summed E-state index contributed by atoms with van der Waals surface area (Å²) in [4.78, 5) is 7.18. The first-order chi connectivity index (χ1) is 14.6. The molecule has 0 radical (unpaired) electrons. The van der Waals surface area contributed by atoms with Crippen LogP contribution in [0.5, 0.6) is 5.75 Å². The van der Waals surface area contributed by atoms with Gasteiger partial charge in [0.2, 0.25) is 0 Å². The van der Waals surface area contributed by atoms with Gasteiger partial charge in [-0.25, -0.2) is 0 Å². The standard InChI is InChI=1S/C24H41N3O3/c1-3-26-11-13-27(14-12-26)19-23(28)20-30-24-6-4-5-22(17-24)18-25(2)10-7-21-8-15-29-16-9-21/h4-6,17,21,23,28H,3,7-16,18-20H2,1-2H3. The van der Waals surface area contributed by atoms with Gasteiger partial charge in [-0.05, 0) is 63.0 Å². The van der Waals surface area contributed by atoms with E-state index in [1.54, 1.807) is 0 Å². The molecule has 30 heavy (non-hydrogen) atoms. The number of aliphatic hydroxyl groups excluding tert-OH is 1. The van der Waals surface area contributed by atoms with Crippen LogP contribution in [0, 0.1) is 5.92 Å². The Kier molecular flexibility index (Phi) is 9.88. The largest absolute Gasteiger partial charge is 0.491 e. The van der Waals surface area contributed by atoms with Crippen molar-refractivity contribution in [2.75, 3.05) is 72.7 Å². The van der Waals surface area contributed by atoms with Crippen molar-refractivity contribution in [2.24, 2.45) is 5.92 Å². The predicted molar refractivity (Wildman–Crippen MR) is 121 cm³/mol. The SMILES string of the molecule is CCN1CCN(CC(O)COc2cccc(CN(C)CCC3CCOCC3)c2)CC1. The Bertz CT molecular complexity index is 601. The fraction of sp³-hybridized carbons (Fsp3) is 0.750.